The lowest BCUT2D eigenvalue weighted by Gasteiger charge is -2.07. The molecule has 0 saturated carbocycles. The molecule has 2 heterocycles. The number of halogens is 1. The minimum atomic E-state index is -0.259. The maximum absolute atomic E-state index is 12.8. The zero-order chi connectivity index (χ0) is 20.9. The van der Waals surface area contributed by atoms with Crippen LogP contribution in [-0.2, 0) is 6.42 Å². The number of rotatable bonds is 6. The van der Waals surface area contributed by atoms with Gasteiger partial charge in [-0.15, -0.1) is 0 Å². The average molecular weight is 419 g/mol. The van der Waals surface area contributed by atoms with Gasteiger partial charge in [-0.25, -0.2) is 9.97 Å². The highest BCUT2D eigenvalue weighted by molar-refractivity contribution is 6.33. The quantitative estimate of drug-likeness (QED) is 0.489. The zero-order valence-corrected chi connectivity index (χ0v) is 17.1. The summed E-state index contributed by atoms with van der Waals surface area (Å²) in [5.74, 6) is 0.858. The largest absolute Gasteiger partial charge is 0.360 e. The first-order chi connectivity index (χ1) is 14.6. The van der Waals surface area contributed by atoms with Gasteiger partial charge in [-0.1, -0.05) is 65.3 Å². The van der Waals surface area contributed by atoms with E-state index in [1.807, 2.05) is 48.5 Å². The van der Waals surface area contributed by atoms with Gasteiger partial charge in [0.1, 0.15) is 17.0 Å². The molecule has 2 aromatic carbocycles. The molecule has 7 heteroatoms. The minimum absolute atomic E-state index is 0.259. The summed E-state index contributed by atoms with van der Waals surface area (Å²) in [6.07, 6.45) is 4.16. The number of amides is 1. The smallest absolute Gasteiger partial charge is 0.257 e. The molecule has 0 bridgehead atoms. The van der Waals surface area contributed by atoms with Crippen molar-refractivity contribution >= 4 is 17.5 Å². The van der Waals surface area contributed by atoms with E-state index >= 15 is 0 Å². The summed E-state index contributed by atoms with van der Waals surface area (Å²) < 4.78 is 5.26. The summed E-state index contributed by atoms with van der Waals surface area (Å²) >= 11 is 6.26. The van der Waals surface area contributed by atoms with Gasteiger partial charge in [0.05, 0.1) is 5.02 Å². The van der Waals surface area contributed by atoms with E-state index in [0.717, 1.165) is 11.1 Å². The van der Waals surface area contributed by atoms with E-state index in [2.05, 4.69) is 20.4 Å². The van der Waals surface area contributed by atoms with Gasteiger partial charge in [0.25, 0.3) is 5.91 Å². The van der Waals surface area contributed by atoms with Crippen molar-refractivity contribution < 1.29 is 9.32 Å². The first-order valence-corrected chi connectivity index (χ1v) is 9.87. The van der Waals surface area contributed by atoms with Gasteiger partial charge >= 0.3 is 0 Å². The van der Waals surface area contributed by atoms with Crippen molar-refractivity contribution in [3.63, 3.8) is 0 Å². The lowest BCUT2D eigenvalue weighted by Crippen LogP contribution is -2.26. The third kappa shape index (κ3) is 4.23. The second kappa shape index (κ2) is 8.88. The van der Waals surface area contributed by atoms with Crippen LogP contribution in [-0.4, -0.2) is 27.6 Å². The van der Waals surface area contributed by atoms with Gasteiger partial charge in [-0.3, -0.25) is 4.79 Å². The van der Waals surface area contributed by atoms with Crippen LogP contribution in [0.25, 0.3) is 22.6 Å². The van der Waals surface area contributed by atoms with Crippen LogP contribution >= 0.6 is 11.6 Å². The van der Waals surface area contributed by atoms with Crippen LogP contribution in [0.1, 0.15) is 21.7 Å². The van der Waals surface area contributed by atoms with Crippen LogP contribution in [0.15, 0.2) is 71.5 Å². The van der Waals surface area contributed by atoms with Crippen molar-refractivity contribution in [2.24, 2.45) is 0 Å². The van der Waals surface area contributed by atoms with Crippen molar-refractivity contribution in [3.05, 3.63) is 88.9 Å². The number of aryl methyl sites for hydroxylation is 1. The summed E-state index contributed by atoms with van der Waals surface area (Å²) in [7, 11) is 0. The summed E-state index contributed by atoms with van der Waals surface area (Å²) in [4.78, 5) is 21.6. The number of nitrogens with zero attached hydrogens (tertiary/aromatic N) is 3. The van der Waals surface area contributed by atoms with Crippen LogP contribution in [0, 0.1) is 6.92 Å². The van der Waals surface area contributed by atoms with Crippen LogP contribution in [0.5, 0.6) is 0 Å². The van der Waals surface area contributed by atoms with Crippen LogP contribution < -0.4 is 5.32 Å². The van der Waals surface area contributed by atoms with E-state index in [1.54, 1.807) is 25.4 Å². The molecule has 0 fully saturated rings. The fraction of sp³-hybridized carbons (Fsp3) is 0.130. The third-order valence-corrected chi connectivity index (χ3v) is 4.98. The molecule has 0 unspecified atom stereocenters. The molecule has 6 nitrogen and oxygen atoms in total. The van der Waals surface area contributed by atoms with Crippen molar-refractivity contribution in [2.45, 2.75) is 13.3 Å². The summed E-state index contributed by atoms with van der Waals surface area (Å²) in [5.41, 5.74) is 3.38. The molecular formula is C23H19ClN4O2. The first kappa shape index (κ1) is 19.8. The molecule has 0 saturated heterocycles. The van der Waals surface area contributed by atoms with Gasteiger partial charge < -0.3 is 9.84 Å². The van der Waals surface area contributed by atoms with Gasteiger partial charge in [0, 0.05) is 30.1 Å². The molecular weight excluding hydrogens is 400 g/mol. The Hall–Kier alpha value is -3.51. The van der Waals surface area contributed by atoms with Gasteiger partial charge in [-0.05, 0) is 25.0 Å². The molecule has 30 heavy (non-hydrogen) atoms. The molecule has 0 atom stereocenters. The molecule has 0 spiro atoms. The van der Waals surface area contributed by atoms with Crippen molar-refractivity contribution in [1.29, 1.82) is 0 Å². The fourth-order valence-electron chi connectivity index (χ4n) is 3.11. The number of hydrogen-bond acceptors (Lipinski definition) is 5. The topological polar surface area (TPSA) is 80.9 Å². The Labute approximate surface area is 178 Å². The Morgan fingerprint density at radius 3 is 2.47 bits per heavy atom. The molecule has 0 aliphatic rings. The molecule has 0 aliphatic carbocycles. The predicted octanol–water partition coefficient (Wildman–Crippen LogP) is 4.73. The van der Waals surface area contributed by atoms with E-state index in [0.29, 0.717) is 46.4 Å². The van der Waals surface area contributed by atoms with E-state index in [9.17, 15) is 4.79 Å². The van der Waals surface area contributed by atoms with Crippen molar-refractivity contribution in [1.82, 2.24) is 20.4 Å². The Morgan fingerprint density at radius 2 is 1.73 bits per heavy atom. The minimum Gasteiger partial charge on any atom is -0.360 e. The molecule has 1 N–H and O–H groups in total. The maximum Gasteiger partial charge on any atom is 0.257 e. The predicted molar refractivity (Wildman–Crippen MR) is 115 cm³/mol. The lowest BCUT2D eigenvalue weighted by atomic mass is 10.1. The highest BCUT2D eigenvalue weighted by atomic mass is 35.5. The van der Waals surface area contributed by atoms with Crippen molar-refractivity contribution in [2.75, 3.05) is 6.54 Å². The standard InChI is InChI=1S/C23H19ClN4O2/c1-15-20(21(28-30-15)18-9-5-6-10-19(18)24)23(29)25-12-11-16-13-26-22(27-14-16)17-7-3-2-4-8-17/h2-10,13-14H,11-12H2,1H3,(H,25,29). The number of carbonyl (C=O) groups excluding carboxylic acids is 1. The second-order valence-corrected chi connectivity index (χ2v) is 7.14. The van der Waals surface area contributed by atoms with E-state index in [-0.39, 0.29) is 5.91 Å². The second-order valence-electron chi connectivity index (χ2n) is 6.73. The molecule has 0 aliphatic heterocycles. The summed E-state index contributed by atoms with van der Waals surface area (Å²) in [5, 5.41) is 7.45. The Balaban J connectivity index is 1.41. The average Bonchev–Trinajstić information content (AvgIpc) is 3.16. The van der Waals surface area contributed by atoms with Gasteiger partial charge in [0.2, 0.25) is 0 Å². The van der Waals surface area contributed by atoms with E-state index in [1.165, 1.54) is 0 Å². The normalized spacial score (nSPS) is 10.7. The van der Waals surface area contributed by atoms with Crippen LogP contribution in [0.3, 0.4) is 0 Å². The Bertz CT molecular complexity index is 1160. The van der Waals surface area contributed by atoms with Gasteiger partial charge in [0.15, 0.2) is 5.82 Å². The number of hydrogen-bond donors (Lipinski definition) is 1. The third-order valence-electron chi connectivity index (χ3n) is 4.66. The molecule has 1 amide bonds. The highest BCUT2D eigenvalue weighted by Gasteiger charge is 2.22. The molecule has 4 aromatic rings. The summed E-state index contributed by atoms with van der Waals surface area (Å²) in [6.45, 7) is 2.14. The number of benzene rings is 2. The maximum atomic E-state index is 12.8. The molecule has 2 aromatic heterocycles. The van der Waals surface area contributed by atoms with E-state index < -0.39 is 0 Å². The van der Waals surface area contributed by atoms with Crippen LogP contribution in [0.2, 0.25) is 5.02 Å². The zero-order valence-electron chi connectivity index (χ0n) is 16.3. The fourth-order valence-corrected chi connectivity index (χ4v) is 3.33. The van der Waals surface area contributed by atoms with Crippen LogP contribution in [0.4, 0.5) is 0 Å². The monoisotopic (exact) mass is 418 g/mol. The number of nitrogens with one attached hydrogen (secondary N) is 1. The molecule has 4 rings (SSSR count). The highest BCUT2D eigenvalue weighted by Crippen LogP contribution is 2.30. The number of aromatic nitrogens is 3. The lowest BCUT2D eigenvalue weighted by molar-refractivity contribution is 0.0953. The van der Waals surface area contributed by atoms with Crippen molar-refractivity contribution in [3.8, 4) is 22.6 Å². The Kier molecular flexibility index (Phi) is 5.86. The summed E-state index contributed by atoms with van der Waals surface area (Å²) in [6, 6.07) is 17.0. The Morgan fingerprint density at radius 1 is 1.03 bits per heavy atom. The van der Waals surface area contributed by atoms with E-state index in [4.69, 9.17) is 16.1 Å². The first-order valence-electron chi connectivity index (χ1n) is 9.49. The number of carbonyl (C=O) groups is 1. The molecule has 150 valence electrons. The van der Waals surface area contributed by atoms with Gasteiger partial charge in [-0.2, -0.15) is 0 Å². The molecule has 0 radical (unpaired) electrons. The SMILES string of the molecule is Cc1onc(-c2ccccc2Cl)c1C(=O)NCCc1cnc(-c2ccccc2)nc1.